The molecule has 160 valence electrons. The molecule has 3 amide bonds. The van der Waals surface area contributed by atoms with E-state index in [-0.39, 0.29) is 30.6 Å². The van der Waals surface area contributed by atoms with Crippen molar-refractivity contribution in [2.24, 2.45) is 17.8 Å². The summed E-state index contributed by atoms with van der Waals surface area (Å²) >= 11 is 0. The van der Waals surface area contributed by atoms with E-state index in [4.69, 9.17) is 0 Å². The Labute approximate surface area is 178 Å². The standard InChI is InChI=1S/C25H32N2O3/c1-3-26-22(28)13-25(24(26)30,21-7-5-4-6-16(21)2)14-23(29)27-15-19-9-17-8-18(10-19)12-20(27)11-17/h4-7,17-20H,3,8-15H2,1-2H3/t17-,18-,19?,20?,25+/m0/s1. The first-order valence-electron chi connectivity index (χ1n) is 11.6. The molecule has 30 heavy (non-hydrogen) atoms. The van der Waals surface area contributed by atoms with Crippen molar-refractivity contribution in [1.82, 2.24) is 9.80 Å². The number of likely N-dealkylation sites (tertiary alicyclic amines) is 1. The van der Waals surface area contributed by atoms with Gasteiger partial charge in [-0.05, 0) is 74.8 Å². The van der Waals surface area contributed by atoms with Gasteiger partial charge < -0.3 is 4.90 Å². The maximum absolute atomic E-state index is 13.8. The van der Waals surface area contributed by atoms with Crippen molar-refractivity contribution in [3.05, 3.63) is 35.4 Å². The van der Waals surface area contributed by atoms with Crippen LogP contribution in [0.3, 0.4) is 0 Å². The molecule has 3 atom stereocenters. The van der Waals surface area contributed by atoms with Gasteiger partial charge in [0.2, 0.25) is 17.7 Å². The molecule has 3 heterocycles. The van der Waals surface area contributed by atoms with E-state index in [1.54, 1.807) is 0 Å². The van der Waals surface area contributed by atoms with Gasteiger partial charge in [0.25, 0.3) is 0 Å². The molecular formula is C25H32N2O3. The second-order valence-corrected chi connectivity index (χ2v) is 10.2. The Balaban J connectivity index is 1.49. The highest BCUT2D eigenvalue weighted by molar-refractivity contribution is 6.10. The van der Waals surface area contributed by atoms with Crippen molar-refractivity contribution in [2.45, 2.75) is 70.3 Å². The monoisotopic (exact) mass is 408 g/mol. The van der Waals surface area contributed by atoms with E-state index in [2.05, 4.69) is 4.90 Å². The fourth-order valence-corrected chi connectivity index (χ4v) is 7.12. The number of imide groups is 1. The smallest absolute Gasteiger partial charge is 0.240 e. The minimum absolute atomic E-state index is 0.0653. The lowest BCUT2D eigenvalue weighted by Gasteiger charge is -2.39. The SMILES string of the molecule is CCN1C(=O)C[C@@](CC(=O)N2CC3C[C@H]4CC2C[C@H](C3)C4)(c2ccccc2C)C1=O. The van der Waals surface area contributed by atoms with Crippen molar-refractivity contribution in [1.29, 1.82) is 0 Å². The number of benzene rings is 1. The maximum atomic E-state index is 13.8. The molecule has 0 aromatic heterocycles. The first-order valence-corrected chi connectivity index (χ1v) is 11.6. The lowest BCUT2D eigenvalue weighted by molar-refractivity contribution is -0.143. The highest BCUT2D eigenvalue weighted by Crippen LogP contribution is 2.48. The molecule has 2 saturated carbocycles. The molecule has 1 aromatic rings. The Morgan fingerprint density at radius 1 is 1.03 bits per heavy atom. The molecule has 0 radical (unpaired) electrons. The van der Waals surface area contributed by atoms with Crippen molar-refractivity contribution in [3.8, 4) is 0 Å². The lowest BCUT2D eigenvalue weighted by Crippen LogP contribution is -2.47. The number of likely N-dealkylation sites (N-methyl/N-ethyl adjacent to an activating group) is 1. The van der Waals surface area contributed by atoms with Gasteiger partial charge in [0.1, 0.15) is 0 Å². The number of amides is 3. The van der Waals surface area contributed by atoms with Crippen LogP contribution in [0.5, 0.6) is 0 Å². The molecule has 2 aliphatic carbocycles. The van der Waals surface area contributed by atoms with Crippen LogP contribution >= 0.6 is 0 Å². The van der Waals surface area contributed by atoms with Gasteiger partial charge in [0.15, 0.2) is 0 Å². The summed E-state index contributed by atoms with van der Waals surface area (Å²) in [4.78, 5) is 43.5. The number of carbonyl (C=O) groups is 3. The van der Waals surface area contributed by atoms with Gasteiger partial charge in [-0.3, -0.25) is 19.3 Å². The molecule has 0 spiro atoms. The molecular weight excluding hydrogens is 376 g/mol. The molecule has 1 aromatic carbocycles. The van der Waals surface area contributed by atoms with Crippen molar-refractivity contribution >= 4 is 17.7 Å². The molecule has 6 rings (SSSR count). The summed E-state index contributed by atoms with van der Waals surface area (Å²) in [5.41, 5.74) is 0.757. The van der Waals surface area contributed by atoms with Gasteiger partial charge >= 0.3 is 0 Å². The molecule has 5 fully saturated rings. The minimum atomic E-state index is -1.06. The van der Waals surface area contributed by atoms with E-state index in [0.717, 1.165) is 42.3 Å². The summed E-state index contributed by atoms with van der Waals surface area (Å²) in [6, 6.07) is 8.07. The number of carbonyl (C=O) groups excluding carboxylic acids is 3. The molecule has 3 saturated heterocycles. The van der Waals surface area contributed by atoms with E-state index < -0.39 is 5.41 Å². The highest BCUT2D eigenvalue weighted by Gasteiger charge is 2.55. The summed E-state index contributed by atoms with van der Waals surface area (Å²) in [5.74, 6) is 1.85. The summed E-state index contributed by atoms with van der Waals surface area (Å²) < 4.78 is 0. The number of hydrogen-bond acceptors (Lipinski definition) is 3. The van der Waals surface area contributed by atoms with Crippen LogP contribution in [0, 0.1) is 24.7 Å². The summed E-state index contributed by atoms with van der Waals surface area (Å²) in [7, 11) is 0. The number of rotatable bonds is 4. The molecule has 0 N–H and O–H groups in total. The topological polar surface area (TPSA) is 57.7 Å². The highest BCUT2D eigenvalue weighted by atomic mass is 16.2. The first kappa shape index (κ1) is 19.8. The minimum Gasteiger partial charge on any atom is -0.339 e. The average molecular weight is 409 g/mol. The molecule has 4 bridgehead atoms. The van der Waals surface area contributed by atoms with Crippen LogP contribution in [0.2, 0.25) is 0 Å². The van der Waals surface area contributed by atoms with Crippen molar-refractivity contribution in [2.75, 3.05) is 13.1 Å². The van der Waals surface area contributed by atoms with Gasteiger partial charge in [-0.25, -0.2) is 0 Å². The molecule has 5 nitrogen and oxygen atoms in total. The maximum Gasteiger partial charge on any atom is 0.240 e. The third-order valence-electron chi connectivity index (χ3n) is 8.27. The Morgan fingerprint density at radius 3 is 2.33 bits per heavy atom. The lowest BCUT2D eigenvalue weighted by atomic mass is 9.68. The third-order valence-corrected chi connectivity index (χ3v) is 8.27. The average Bonchev–Trinajstić information content (AvgIpc) is 2.80. The van der Waals surface area contributed by atoms with Crippen molar-refractivity contribution < 1.29 is 14.4 Å². The van der Waals surface area contributed by atoms with Crippen LogP contribution in [0.1, 0.15) is 63.0 Å². The van der Waals surface area contributed by atoms with Crippen LogP contribution < -0.4 is 0 Å². The number of aryl methyl sites for hydroxylation is 1. The summed E-state index contributed by atoms with van der Waals surface area (Å²) in [6.07, 6.45) is 6.27. The molecule has 3 aliphatic heterocycles. The molecule has 5 heteroatoms. The predicted molar refractivity (Wildman–Crippen MR) is 114 cm³/mol. The summed E-state index contributed by atoms with van der Waals surface area (Å²) in [6.45, 7) is 4.99. The largest absolute Gasteiger partial charge is 0.339 e. The summed E-state index contributed by atoms with van der Waals surface area (Å²) in [5, 5.41) is 0. The van der Waals surface area contributed by atoms with E-state index >= 15 is 0 Å². The van der Waals surface area contributed by atoms with E-state index in [0.29, 0.717) is 18.5 Å². The molecule has 5 aliphatic rings. The Bertz CT molecular complexity index is 882. The fraction of sp³-hybridized carbons (Fsp3) is 0.640. The van der Waals surface area contributed by atoms with Crippen molar-refractivity contribution in [3.63, 3.8) is 0 Å². The second kappa shape index (κ2) is 7.21. The number of nitrogens with zero attached hydrogens (tertiary/aromatic N) is 2. The Hall–Kier alpha value is -2.17. The third kappa shape index (κ3) is 3.00. The van der Waals surface area contributed by atoms with E-state index in [1.807, 2.05) is 38.1 Å². The van der Waals surface area contributed by atoms with Crippen LogP contribution in [-0.4, -0.2) is 46.7 Å². The quantitative estimate of drug-likeness (QED) is 0.717. The molecule has 0 unspecified atom stereocenters. The van der Waals surface area contributed by atoms with Crippen LogP contribution in [-0.2, 0) is 19.8 Å². The van der Waals surface area contributed by atoms with E-state index in [1.165, 1.54) is 24.2 Å². The van der Waals surface area contributed by atoms with Crippen LogP contribution in [0.15, 0.2) is 24.3 Å². The Morgan fingerprint density at radius 2 is 1.70 bits per heavy atom. The van der Waals surface area contributed by atoms with Crippen LogP contribution in [0.25, 0.3) is 0 Å². The number of hydrogen-bond donors (Lipinski definition) is 0. The van der Waals surface area contributed by atoms with Gasteiger partial charge in [0.05, 0.1) is 5.41 Å². The van der Waals surface area contributed by atoms with Crippen LogP contribution in [0.4, 0.5) is 0 Å². The zero-order valence-corrected chi connectivity index (χ0v) is 18.1. The second-order valence-electron chi connectivity index (χ2n) is 10.2. The fourth-order valence-electron chi connectivity index (χ4n) is 7.12. The van der Waals surface area contributed by atoms with E-state index in [9.17, 15) is 14.4 Å². The van der Waals surface area contributed by atoms with Gasteiger partial charge in [0, 0.05) is 32.0 Å². The van der Waals surface area contributed by atoms with Gasteiger partial charge in [-0.1, -0.05) is 24.3 Å². The first-order chi connectivity index (χ1) is 14.4. The zero-order valence-electron chi connectivity index (χ0n) is 18.1. The normalized spacial score (nSPS) is 35.3. The Kier molecular flexibility index (Phi) is 4.75. The van der Waals surface area contributed by atoms with Gasteiger partial charge in [-0.2, -0.15) is 0 Å². The zero-order chi connectivity index (χ0) is 21.0. The van der Waals surface area contributed by atoms with Gasteiger partial charge in [-0.15, -0.1) is 0 Å². The predicted octanol–water partition coefficient (Wildman–Crippen LogP) is 3.44. The number of fused-ring (bicyclic) bond motifs is 1.